The lowest BCUT2D eigenvalue weighted by Gasteiger charge is -2.08. The van der Waals surface area contributed by atoms with Gasteiger partial charge < -0.3 is 10.1 Å². The molecular weight excluding hydrogens is 390 g/mol. The molecular formula is C24H25N5O2. The van der Waals surface area contributed by atoms with Crippen LogP contribution in [0, 0.1) is 6.92 Å². The summed E-state index contributed by atoms with van der Waals surface area (Å²) in [5.74, 6) is 2.51. The summed E-state index contributed by atoms with van der Waals surface area (Å²) < 4.78 is 7.02. The van der Waals surface area contributed by atoms with Crippen LogP contribution < -0.4 is 10.1 Å². The number of hydrogen-bond acceptors (Lipinski definition) is 5. The van der Waals surface area contributed by atoms with Crippen molar-refractivity contribution in [2.45, 2.75) is 20.3 Å². The topological polar surface area (TPSA) is 81.9 Å². The molecule has 0 fully saturated rings. The molecule has 0 aliphatic carbocycles. The van der Waals surface area contributed by atoms with Crippen molar-refractivity contribution in [2.24, 2.45) is 0 Å². The van der Waals surface area contributed by atoms with E-state index in [1.165, 1.54) is 0 Å². The van der Waals surface area contributed by atoms with Gasteiger partial charge in [-0.15, -0.1) is 10.2 Å². The van der Waals surface area contributed by atoms with Crippen LogP contribution in [0.3, 0.4) is 0 Å². The lowest BCUT2D eigenvalue weighted by Crippen LogP contribution is -2.08. The summed E-state index contributed by atoms with van der Waals surface area (Å²) in [5.41, 5.74) is 2.87. The summed E-state index contributed by atoms with van der Waals surface area (Å²) in [5, 5.41) is 11.2. The van der Waals surface area contributed by atoms with E-state index in [-0.39, 0.29) is 5.91 Å². The molecule has 2 aromatic carbocycles. The van der Waals surface area contributed by atoms with Crippen molar-refractivity contribution in [1.82, 2.24) is 19.7 Å². The number of nitrogens with zero attached hydrogens (tertiary/aromatic N) is 4. The number of pyridine rings is 1. The third-order valence-electron chi connectivity index (χ3n) is 4.47. The van der Waals surface area contributed by atoms with Gasteiger partial charge in [0.05, 0.1) is 7.11 Å². The van der Waals surface area contributed by atoms with E-state index in [1.54, 1.807) is 19.5 Å². The maximum atomic E-state index is 11.0. The van der Waals surface area contributed by atoms with E-state index in [2.05, 4.69) is 20.5 Å². The number of methoxy groups -OCH3 is 1. The number of amides is 1. The smallest absolute Gasteiger partial charge is 0.224 e. The lowest BCUT2D eigenvalue weighted by atomic mass is 10.2. The van der Waals surface area contributed by atoms with Crippen LogP contribution in [-0.2, 0) is 4.79 Å². The van der Waals surface area contributed by atoms with E-state index in [4.69, 9.17) is 4.74 Å². The van der Waals surface area contributed by atoms with Gasteiger partial charge in [0.15, 0.2) is 5.82 Å². The van der Waals surface area contributed by atoms with Gasteiger partial charge in [0.25, 0.3) is 0 Å². The van der Waals surface area contributed by atoms with Gasteiger partial charge in [-0.3, -0.25) is 14.3 Å². The Labute approximate surface area is 181 Å². The molecule has 1 N–H and O–H groups in total. The van der Waals surface area contributed by atoms with Crippen LogP contribution in [-0.4, -0.2) is 32.8 Å². The predicted octanol–water partition coefficient (Wildman–Crippen LogP) is 4.68. The Morgan fingerprint density at radius 2 is 1.65 bits per heavy atom. The standard InChI is InChI=1S/C14H12N4.C10H13NO2/c1-11-16-17-14(12-7-9-15-10-8-12)18(11)13-5-3-2-4-6-13;1-3-10(12)11-8-4-6-9(13-2)7-5-8/h2-10H,1H3;4-7H,3H2,1-2H3,(H,11,12). The Morgan fingerprint density at radius 3 is 2.26 bits per heavy atom. The lowest BCUT2D eigenvalue weighted by molar-refractivity contribution is -0.115. The Kier molecular flexibility index (Phi) is 7.48. The molecule has 0 radical (unpaired) electrons. The molecule has 4 aromatic rings. The van der Waals surface area contributed by atoms with Gasteiger partial charge >= 0.3 is 0 Å². The predicted molar refractivity (Wildman–Crippen MR) is 121 cm³/mol. The van der Waals surface area contributed by atoms with Crippen LogP contribution in [0.4, 0.5) is 5.69 Å². The molecule has 31 heavy (non-hydrogen) atoms. The number of carbonyl (C=O) groups is 1. The summed E-state index contributed by atoms with van der Waals surface area (Å²) in [7, 11) is 1.61. The number of carbonyl (C=O) groups excluding carboxylic acids is 1. The SMILES string of the molecule is CCC(=O)Nc1ccc(OC)cc1.Cc1nnc(-c2ccncc2)n1-c1ccccc1. The molecule has 0 saturated carbocycles. The van der Waals surface area contributed by atoms with Gasteiger partial charge in [0.1, 0.15) is 11.6 Å². The van der Waals surface area contributed by atoms with Crippen LogP contribution in [0.2, 0.25) is 0 Å². The van der Waals surface area contributed by atoms with Crippen molar-refractivity contribution >= 4 is 11.6 Å². The number of rotatable bonds is 5. The first-order valence-electron chi connectivity index (χ1n) is 9.94. The first-order chi connectivity index (χ1) is 15.1. The van der Waals surface area contributed by atoms with E-state index in [0.717, 1.165) is 34.3 Å². The number of benzene rings is 2. The average Bonchev–Trinajstić information content (AvgIpc) is 3.22. The minimum Gasteiger partial charge on any atom is -0.497 e. The molecule has 0 atom stereocenters. The molecule has 0 bridgehead atoms. The van der Waals surface area contributed by atoms with Crippen LogP contribution in [0.15, 0.2) is 79.1 Å². The first kappa shape index (κ1) is 21.7. The molecule has 0 unspecified atom stereocenters. The third kappa shape index (κ3) is 5.76. The van der Waals surface area contributed by atoms with Crippen LogP contribution in [0.1, 0.15) is 19.2 Å². The molecule has 0 saturated heterocycles. The molecule has 7 heteroatoms. The molecule has 4 rings (SSSR count). The Morgan fingerprint density at radius 1 is 0.968 bits per heavy atom. The second kappa shape index (κ2) is 10.7. The molecule has 0 aliphatic rings. The second-order valence-corrected chi connectivity index (χ2v) is 6.61. The number of nitrogens with one attached hydrogen (secondary N) is 1. The summed E-state index contributed by atoms with van der Waals surface area (Å²) >= 11 is 0. The largest absolute Gasteiger partial charge is 0.497 e. The minimum absolute atomic E-state index is 0.0187. The monoisotopic (exact) mass is 415 g/mol. The van der Waals surface area contributed by atoms with Gasteiger partial charge in [-0.1, -0.05) is 25.1 Å². The highest BCUT2D eigenvalue weighted by Gasteiger charge is 2.11. The van der Waals surface area contributed by atoms with Gasteiger partial charge in [-0.2, -0.15) is 0 Å². The van der Waals surface area contributed by atoms with Crippen LogP contribution >= 0.6 is 0 Å². The minimum atomic E-state index is 0.0187. The van der Waals surface area contributed by atoms with Gasteiger partial charge in [0, 0.05) is 35.8 Å². The van der Waals surface area contributed by atoms with Gasteiger partial charge in [-0.05, 0) is 55.5 Å². The maximum absolute atomic E-state index is 11.0. The Hall–Kier alpha value is -4.00. The molecule has 158 valence electrons. The fraction of sp³-hybridized carbons (Fsp3) is 0.167. The van der Waals surface area contributed by atoms with E-state index in [1.807, 2.05) is 85.1 Å². The molecule has 1 amide bonds. The van der Waals surface area contributed by atoms with Crippen molar-refractivity contribution in [3.8, 4) is 22.8 Å². The zero-order valence-corrected chi connectivity index (χ0v) is 17.8. The highest BCUT2D eigenvalue weighted by Crippen LogP contribution is 2.21. The fourth-order valence-electron chi connectivity index (χ4n) is 2.86. The van der Waals surface area contributed by atoms with Crippen LogP contribution in [0.5, 0.6) is 5.75 Å². The zero-order valence-electron chi connectivity index (χ0n) is 17.8. The van der Waals surface area contributed by atoms with Gasteiger partial charge in [-0.25, -0.2) is 0 Å². The van der Waals surface area contributed by atoms with Crippen molar-refractivity contribution in [1.29, 1.82) is 0 Å². The van der Waals surface area contributed by atoms with E-state index < -0.39 is 0 Å². The normalized spacial score (nSPS) is 10.0. The number of hydrogen-bond donors (Lipinski definition) is 1. The summed E-state index contributed by atoms with van der Waals surface area (Å²) in [4.78, 5) is 15.0. The summed E-state index contributed by atoms with van der Waals surface area (Å²) in [6.07, 6.45) is 4.01. The third-order valence-corrected chi connectivity index (χ3v) is 4.47. The molecule has 0 aliphatic heterocycles. The number of anilines is 1. The van der Waals surface area contributed by atoms with Gasteiger partial charge in [0.2, 0.25) is 5.91 Å². The molecule has 2 heterocycles. The van der Waals surface area contributed by atoms with Crippen molar-refractivity contribution in [3.05, 3.63) is 84.9 Å². The summed E-state index contributed by atoms with van der Waals surface area (Å²) in [6.45, 7) is 3.77. The first-order valence-corrected chi connectivity index (χ1v) is 9.94. The maximum Gasteiger partial charge on any atom is 0.224 e. The fourth-order valence-corrected chi connectivity index (χ4v) is 2.86. The van der Waals surface area contributed by atoms with Crippen molar-refractivity contribution in [3.63, 3.8) is 0 Å². The van der Waals surface area contributed by atoms with E-state index >= 15 is 0 Å². The number of aromatic nitrogens is 4. The summed E-state index contributed by atoms with van der Waals surface area (Å²) in [6, 6.07) is 21.2. The zero-order chi connectivity index (χ0) is 22.1. The number of para-hydroxylation sites is 1. The molecule has 2 aromatic heterocycles. The van der Waals surface area contributed by atoms with Crippen LogP contribution in [0.25, 0.3) is 17.1 Å². The molecule has 0 spiro atoms. The Balaban J connectivity index is 0.000000187. The van der Waals surface area contributed by atoms with E-state index in [9.17, 15) is 4.79 Å². The molecule has 7 nitrogen and oxygen atoms in total. The number of ether oxygens (including phenoxy) is 1. The van der Waals surface area contributed by atoms with Crippen molar-refractivity contribution in [2.75, 3.05) is 12.4 Å². The van der Waals surface area contributed by atoms with Crippen molar-refractivity contribution < 1.29 is 9.53 Å². The highest BCUT2D eigenvalue weighted by atomic mass is 16.5. The quantitative estimate of drug-likeness (QED) is 0.512. The Bertz CT molecular complexity index is 1090. The highest BCUT2D eigenvalue weighted by molar-refractivity contribution is 5.90. The average molecular weight is 415 g/mol. The second-order valence-electron chi connectivity index (χ2n) is 6.61. The van der Waals surface area contributed by atoms with E-state index in [0.29, 0.717) is 6.42 Å². The number of aryl methyl sites for hydroxylation is 1.